The van der Waals surface area contributed by atoms with Gasteiger partial charge in [0.25, 0.3) is 0 Å². The van der Waals surface area contributed by atoms with E-state index in [1.165, 1.54) is 10.4 Å². The second kappa shape index (κ2) is 5.96. The molecule has 3 heterocycles. The molecule has 1 atom stereocenters. The van der Waals surface area contributed by atoms with E-state index >= 15 is 0 Å². The fourth-order valence-corrected chi connectivity index (χ4v) is 4.52. The number of nitrogen functional groups attached to an aromatic ring is 1. The van der Waals surface area contributed by atoms with Crippen molar-refractivity contribution < 1.29 is 4.74 Å². The van der Waals surface area contributed by atoms with E-state index in [-0.39, 0.29) is 5.60 Å². The lowest BCUT2D eigenvalue weighted by molar-refractivity contribution is -0.0542. The van der Waals surface area contributed by atoms with Crippen molar-refractivity contribution in [2.75, 3.05) is 5.43 Å². The van der Waals surface area contributed by atoms with Gasteiger partial charge < -0.3 is 10.2 Å². The van der Waals surface area contributed by atoms with Crippen LogP contribution in [-0.2, 0) is 17.8 Å². The number of hydrogen-bond acceptors (Lipinski definition) is 7. The number of nitrogens with two attached hydrogens (primary N) is 1. The predicted molar refractivity (Wildman–Crippen MR) is 93.4 cm³/mol. The van der Waals surface area contributed by atoms with E-state index in [9.17, 15) is 0 Å². The quantitative estimate of drug-likeness (QED) is 0.383. The standard InChI is InChI=1S/C15H22N4OS2/c1-5-15(4)6-9-10(7-20-15)22-13-11(9)12(19-16)17-14(18-13)21-8(2)3/h8H,5-7,16H2,1-4H3,(H,17,18,19)/t15-/m1/s1. The van der Waals surface area contributed by atoms with Crippen molar-refractivity contribution in [3.8, 4) is 0 Å². The molecule has 0 amide bonds. The summed E-state index contributed by atoms with van der Waals surface area (Å²) in [4.78, 5) is 11.6. The molecular weight excluding hydrogens is 316 g/mol. The molecule has 0 radical (unpaired) electrons. The Hall–Kier alpha value is -0.890. The van der Waals surface area contributed by atoms with Gasteiger partial charge in [0.15, 0.2) is 11.0 Å². The van der Waals surface area contributed by atoms with Crippen molar-refractivity contribution >= 4 is 39.1 Å². The van der Waals surface area contributed by atoms with E-state index in [0.717, 1.165) is 34.0 Å². The van der Waals surface area contributed by atoms with Crippen LogP contribution in [0.2, 0.25) is 0 Å². The molecule has 0 saturated carbocycles. The lowest BCUT2D eigenvalue weighted by Crippen LogP contribution is -2.34. The minimum Gasteiger partial charge on any atom is -0.369 e. The van der Waals surface area contributed by atoms with E-state index in [1.807, 2.05) is 0 Å². The minimum absolute atomic E-state index is 0.113. The third-order valence-electron chi connectivity index (χ3n) is 4.04. The van der Waals surface area contributed by atoms with Gasteiger partial charge in [-0.05, 0) is 18.9 Å². The molecule has 1 aliphatic rings. The Morgan fingerprint density at radius 2 is 2.23 bits per heavy atom. The molecule has 1 aliphatic heterocycles. The number of ether oxygens (including phenoxy) is 1. The highest BCUT2D eigenvalue weighted by Gasteiger charge is 2.33. The number of thiophene rings is 1. The van der Waals surface area contributed by atoms with E-state index in [2.05, 4.69) is 38.1 Å². The number of fused-ring (bicyclic) bond motifs is 3. The van der Waals surface area contributed by atoms with Crippen molar-refractivity contribution in [3.05, 3.63) is 10.4 Å². The van der Waals surface area contributed by atoms with Gasteiger partial charge in [-0.25, -0.2) is 15.8 Å². The molecule has 0 aliphatic carbocycles. The summed E-state index contributed by atoms with van der Waals surface area (Å²) in [5.74, 6) is 6.46. The van der Waals surface area contributed by atoms with E-state index in [4.69, 9.17) is 15.6 Å². The summed E-state index contributed by atoms with van der Waals surface area (Å²) >= 11 is 3.35. The van der Waals surface area contributed by atoms with Gasteiger partial charge >= 0.3 is 0 Å². The second-order valence-corrected chi connectivity index (χ2v) is 8.75. The van der Waals surface area contributed by atoms with Gasteiger partial charge in [0.2, 0.25) is 0 Å². The van der Waals surface area contributed by atoms with Gasteiger partial charge in [-0.3, -0.25) is 0 Å². The van der Waals surface area contributed by atoms with Crippen LogP contribution in [0.3, 0.4) is 0 Å². The van der Waals surface area contributed by atoms with E-state index in [1.54, 1.807) is 23.1 Å². The highest BCUT2D eigenvalue weighted by Crippen LogP contribution is 2.42. The Kier molecular flexibility index (Phi) is 4.33. The first-order valence-electron chi connectivity index (χ1n) is 7.55. The zero-order chi connectivity index (χ0) is 15.9. The van der Waals surface area contributed by atoms with Gasteiger partial charge in [-0.2, -0.15) is 0 Å². The monoisotopic (exact) mass is 338 g/mol. The van der Waals surface area contributed by atoms with E-state index in [0.29, 0.717) is 11.9 Å². The van der Waals surface area contributed by atoms with Gasteiger partial charge in [0.1, 0.15) is 4.83 Å². The largest absolute Gasteiger partial charge is 0.369 e. The molecular formula is C15H22N4OS2. The van der Waals surface area contributed by atoms with Gasteiger partial charge in [0.05, 0.1) is 17.6 Å². The zero-order valence-electron chi connectivity index (χ0n) is 13.4. The molecule has 3 N–H and O–H groups in total. The smallest absolute Gasteiger partial charge is 0.191 e. The number of nitrogens with zero attached hydrogens (tertiary/aromatic N) is 2. The molecule has 2 aromatic heterocycles. The highest BCUT2D eigenvalue weighted by molar-refractivity contribution is 7.99. The first kappa shape index (κ1) is 16.0. The number of rotatable bonds is 4. The fraction of sp³-hybridized carbons (Fsp3) is 0.600. The summed E-state index contributed by atoms with van der Waals surface area (Å²) in [6.07, 6.45) is 1.87. The highest BCUT2D eigenvalue weighted by atomic mass is 32.2. The topological polar surface area (TPSA) is 73.1 Å². The van der Waals surface area contributed by atoms with Crippen molar-refractivity contribution in [3.63, 3.8) is 0 Å². The van der Waals surface area contributed by atoms with Crippen LogP contribution in [0.25, 0.3) is 10.2 Å². The molecule has 5 nitrogen and oxygen atoms in total. The van der Waals surface area contributed by atoms with Crippen LogP contribution < -0.4 is 11.3 Å². The Labute approximate surface area is 139 Å². The summed E-state index contributed by atoms with van der Waals surface area (Å²) in [5.41, 5.74) is 3.95. The van der Waals surface area contributed by atoms with Gasteiger partial charge in [-0.1, -0.05) is 32.5 Å². The SMILES string of the molecule is CC[C@]1(C)Cc2c(sc3nc(SC(C)C)nc(NN)c23)CO1. The Morgan fingerprint density at radius 1 is 1.45 bits per heavy atom. The van der Waals surface area contributed by atoms with Crippen molar-refractivity contribution in [2.45, 2.75) is 63.2 Å². The van der Waals surface area contributed by atoms with E-state index < -0.39 is 0 Å². The summed E-state index contributed by atoms with van der Waals surface area (Å²) in [6.45, 7) is 9.24. The molecule has 0 saturated heterocycles. The maximum Gasteiger partial charge on any atom is 0.191 e. The third-order valence-corrected chi connectivity index (χ3v) is 6.01. The number of anilines is 1. The summed E-state index contributed by atoms with van der Waals surface area (Å²) in [6, 6.07) is 0. The summed E-state index contributed by atoms with van der Waals surface area (Å²) in [5, 5.41) is 2.27. The molecule has 120 valence electrons. The number of hydrogen-bond donors (Lipinski definition) is 2. The average Bonchev–Trinajstić information content (AvgIpc) is 2.83. The lowest BCUT2D eigenvalue weighted by Gasteiger charge is -2.33. The molecule has 0 spiro atoms. The molecule has 3 rings (SSSR count). The number of hydrazine groups is 1. The second-order valence-electron chi connectivity index (χ2n) is 6.12. The lowest BCUT2D eigenvalue weighted by atomic mass is 9.90. The molecule has 2 aromatic rings. The first-order chi connectivity index (χ1) is 10.5. The molecule has 0 aromatic carbocycles. The van der Waals surface area contributed by atoms with Crippen LogP contribution in [0, 0.1) is 0 Å². The first-order valence-corrected chi connectivity index (χ1v) is 9.25. The predicted octanol–water partition coefficient (Wildman–Crippen LogP) is 3.72. The summed E-state index contributed by atoms with van der Waals surface area (Å²) in [7, 11) is 0. The zero-order valence-corrected chi connectivity index (χ0v) is 15.0. The van der Waals surface area contributed by atoms with Crippen LogP contribution >= 0.6 is 23.1 Å². The molecule has 7 heteroatoms. The van der Waals surface area contributed by atoms with Crippen molar-refractivity contribution in [1.29, 1.82) is 0 Å². The normalized spacial score (nSPS) is 21.4. The Bertz CT molecular complexity index is 700. The minimum atomic E-state index is -0.113. The van der Waals surface area contributed by atoms with Crippen molar-refractivity contribution in [1.82, 2.24) is 9.97 Å². The van der Waals surface area contributed by atoms with Crippen LogP contribution in [0.1, 0.15) is 44.6 Å². The van der Waals surface area contributed by atoms with Gasteiger partial charge in [0, 0.05) is 16.5 Å². The maximum atomic E-state index is 6.04. The Balaban J connectivity index is 2.13. The third kappa shape index (κ3) is 2.82. The molecule has 22 heavy (non-hydrogen) atoms. The number of aromatic nitrogens is 2. The van der Waals surface area contributed by atoms with Crippen LogP contribution in [-0.4, -0.2) is 20.8 Å². The molecule has 0 fully saturated rings. The van der Waals surface area contributed by atoms with Crippen LogP contribution in [0.4, 0.5) is 5.82 Å². The number of thioether (sulfide) groups is 1. The van der Waals surface area contributed by atoms with Crippen LogP contribution in [0.5, 0.6) is 0 Å². The maximum absolute atomic E-state index is 6.04. The van der Waals surface area contributed by atoms with Gasteiger partial charge in [-0.15, -0.1) is 11.3 Å². The number of nitrogens with one attached hydrogen (secondary N) is 1. The van der Waals surface area contributed by atoms with Crippen molar-refractivity contribution in [2.24, 2.45) is 5.84 Å². The summed E-state index contributed by atoms with van der Waals surface area (Å²) < 4.78 is 6.04. The van der Waals surface area contributed by atoms with Crippen LogP contribution in [0.15, 0.2) is 5.16 Å². The fourth-order valence-electron chi connectivity index (χ4n) is 2.65. The Morgan fingerprint density at radius 3 is 2.86 bits per heavy atom. The average molecular weight is 339 g/mol. The molecule has 0 bridgehead atoms. The molecule has 0 unspecified atom stereocenters.